The van der Waals surface area contributed by atoms with Gasteiger partial charge in [-0.1, -0.05) is 18.2 Å². The lowest BCUT2D eigenvalue weighted by Gasteiger charge is -2.03. The van der Waals surface area contributed by atoms with Gasteiger partial charge in [0.2, 0.25) is 0 Å². The number of rotatable bonds is 2. The first-order valence-electron chi connectivity index (χ1n) is 4.29. The predicted octanol–water partition coefficient (Wildman–Crippen LogP) is 0.514. The Hall–Kier alpha value is -0.970. The Balaban J connectivity index is 0.000000500. The van der Waals surface area contributed by atoms with Gasteiger partial charge in [-0.25, -0.2) is 4.39 Å². The topological polar surface area (TPSA) is 52.5 Å². The summed E-state index contributed by atoms with van der Waals surface area (Å²) in [6, 6.07) is 6.02. The first kappa shape index (κ1) is 13.0. The molecule has 0 aliphatic heterocycles. The smallest absolute Gasteiger partial charge is 0.155 e. The van der Waals surface area contributed by atoms with Crippen molar-refractivity contribution in [2.75, 3.05) is 14.1 Å². The fraction of sp³-hybridized carbons (Fsp3) is 0.400. The summed E-state index contributed by atoms with van der Waals surface area (Å²) in [5.74, 6) is -0.402. The van der Waals surface area contributed by atoms with Gasteiger partial charge in [0.15, 0.2) is 6.29 Å². The van der Waals surface area contributed by atoms with Crippen LogP contribution >= 0.6 is 0 Å². The molecule has 1 aromatic rings. The molecule has 0 aliphatic rings. The molecule has 3 N–H and O–H groups in total. The van der Waals surface area contributed by atoms with Crippen LogP contribution in [0.1, 0.15) is 5.56 Å². The Morgan fingerprint density at radius 1 is 1.29 bits per heavy atom. The molecule has 1 rings (SSSR count). The van der Waals surface area contributed by atoms with Crippen molar-refractivity contribution in [3.63, 3.8) is 0 Å². The van der Waals surface area contributed by atoms with Crippen molar-refractivity contribution in [2.45, 2.75) is 12.7 Å². The molecule has 0 heterocycles. The normalized spacial score (nSPS) is 9.57. The SMILES string of the molecule is CNC.OC(O)Cc1ccccc1F. The molecule has 0 spiro atoms. The van der Waals surface area contributed by atoms with E-state index in [0.29, 0.717) is 5.56 Å². The third kappa shape index (κ3) is 5.64. The average molecular weight is 201 g/mol. The number of hydrogen-bond donors (Lipinski definition) is 3. The minimum absolute atomic E-state index is 0.0628. The highest BCUT2D eigenvalue weighted by Crippen LogP contribution is 2.07. The summed E-state index contributed by atoms with van der Waals surface area (Å²) < 4.78 is 12.7. The summed E-state index contributed by atoms with van der Waals surface area (Å²) in [5.41, 5.74) is 0.322. The fourth-order valence-corrected chi connectivity index (χ4v) is 0.861. The molecular weight excluding hydrogens is 185 g/mol. The highest BCUT2D eigenvalue weighted by Gasteiger charge is 2.04. The second-order valence-electron chi connectivity index (χ2n) is 2.78. The molecule has 80 valence electrons. The van der Waals surface area contributed by atoms with Gasteiger partial charge in [-0.3, -0.25) is 0 Å². The summed E-state index contributed by atoms with van der Waals surface area (Å²) in [6.07, 6.45) is -1.54. The third-order valence-electron chi connectivity index (χ3n) is 1.36. The van der Waals surface area contributed by atoms with E-state index < -0.39 is 12.1 Å². The van der Waals surface area contributed by atoms with Crippen LogP contribution in [-0.2, 0) is 6.42 Å². The van der Waals surface area contributed by atoms with Crippen molar-refractivity contribution in [1.29, 1.82) is 0 Å². The molecule has 0 amide bonds. The van der Waals surface area contributed by atoms with E-state index in [-0.39, 0.29) is 6.42 Å². The zero-order chi connectivity index (χ0) is 11.0. The summed E-state index contributed by atoms with van der Waals surface area (Å²) >= 11 is 0. The van der Waals surface area contributed by atoms with Crippen LogP contribution < -0.4 is 5.32 Å². The van der Waals surface area contributed by atoms with Crippen molar-refractivity contribution >= 4 is 0 Å². The average Bonchev–Trinajstić information content (AvgIpc) is 2.09. The predicted molar refractivity (Wildman–Crippen MR) is 53.3 cm³/mol. The molecule has 14 heavy (non-hydrogen) atoms. The molecular formula is C10H16FNO2. The van der Waals surface area contributed by atoms with E-state index in [4.69, 9.17) is 10.2 Å². The number of hydrogen-bond acceptors (Lipinski definition) is 3. The van der Waals surface area contributed by atoms with Crippen LogP contribution in [0.25, 0.3) is 0 Å². The third-order valence-corrected chi connectivity index (χ3v) is 1.36. The maximum Gasteiger partial charge on any atom is 0.155 e. The van der Waals surface area contributed by atoms with Gasteiger partial charge < -0.3 is 15.5 Å². The fourth-order valence-electron chi connectivity index (χ4n) is 0.861. The van der Waals surface area contributed by atoms with E-state index in [1.54, 1.807) is 12.1 Å². The molecule has 1 aromatic carbocycles. The van der Waals surface area contributed by atoms with Crippen LogP contribution in [0.5, 0.6) is 0 Å². The van der Waals surface area contributed by atoms with E-state index in [0.717, 1.165) is 0 Å². The molecule has 4 heteroatoms. The Bertz CT molecular complexity index is 254. The lowest BCUT2D eigenvalue weighted by atomic mass is 10.1. The van der Waals surface area contributed by atoms with Crippen LogP contribution in [0.2, 0.25) is 0 Å². The first-order chi connectivity index (χ1) is 6.61. The Morgan fingerprint density at radius 2 is 1.79 bits per heavy atom. The minimum Gasteiger partial charge on any atom is -0.368 e. The van der Waals surface area contributed by atoms with Crippen LogP contribution in [-0.4, -0.2) is 30.6 Å². The second-order valence-corrected chi connectivity index (χ2v) is 2.78. The van der Waals surface area contributed by atoms with E-state index in [9.17, 15) is 4.39 Å². The zero-order valence-electron chi connectivity index (χ0n) is 8.37. The van der Waals surface area contributed by atoms with Gasteiger partial charge in [0, 0.05) is 6.42 Å². The van der Waals surface area contributed by atoms with Crippen LogP contribution in [0, 0.1) is 5.82 Å². The molecule has 0 bridgehead atoms. The summed E-state index contributed by atoms with van der Waals surface area (Å²) in [6.45, 7) is 0. The summed E-state index contributed by atoms with van der Waals surface area (Å²) in [5, 5.41) is 19.8. The van der Waals surface area contributed by atoms with E-state index in [2.05, 4.69) is 5.32 Å². The van der Waals surface area contributed by atoms with Crippen molar-refractivity contribution in [3.05, 3.63) is 35.6 Å². The second kappa shape index (κ2) is 7.44. The van der Waals surface area contributed by atoms with Crippen LogP contribution in [0.3, 0.4) is 0 Å². The van der Waals surface area contributed by atoms with Crippen molar-refractivity contribution in [2.24, 2.45) is 0 Å². The maximum atomic E-state index is 12.7. The Labute approximate surface area is 83.2 Å². The number of aliphatic hydroxyl groups is 2. The molecule has 3 nitrogen and oxygen atoms in total. The molecule has 0 saturated heterocycles. The van der Waals surface area contributed by atoms with Gasteiger partial charge in [0.1, 0.15) is 5.82 Å². The molecule has 0 unspecified atom stereocenters. The van der Waals surface area contributed by atoms with Crippen molar-refractivity contribution in [1.82, 2.24) is 5.32 Å². The standard InChI is InChI=1S/C8H9FO2.C2H7N/c9-7-4-2-1-3-6(7)5-8(10)11;1-3-2/h1-4,8,10-11H,5H2;3H,1-2H3. The molecule has 0 aliphatic carbocycles. The van der Waals surface area contributed by atoms with E-state index in [1.165, 1.54) is 12.1 Å². The number of halogens is 1. The van der Waals surface area contributed by atoms with Crippen molar-refractivity contribution < 1.29 is 14.6 Å². The Morgan fingerprint density at radius 3 is 2.21 bits per heavy atom. The molecule has 0 atom stereocenters. The monoisotopic (exact) mass is 201 g/mol. The number of aliphatic hydroxyl groups excluding tert-OH is 1. The van der Waals surface area contributed by atoms with Gasteiger partial charge >= 0.3 is 0 Å². The highest BCUT2D eigenvalue weighted by molar-refractivity contribution is 5.17. The number of nitrogens with one attached hydrogen (secondary N) is 1. The summed E-state index contributed by atoms with van der Waals surface area (Å²) in [7, 11) is 3.75. The maximum absolute atomic E-state index is 12.7. The zero-order valence-corrected chi connectivity index (χ0v) is 8.37. The van der Waals surface area contributed by atoms with E-state index in [1.807, 2.05) is 14.1 Å². The molecule has 0 radical (unpaired) electrons. The first-order valence-corrected chi connectivity index (χ1v) is 4.29. The Kier molecular flexibility index (Phi) is 6.92. The van der Waals surface area contributed by atoms with E-state index >= 15 is 0 Å². The van der Waals surface area contributed by atoms with Gasteiger partial charge in [0.25, 0.3) is 0 Å². The molecule has 0 aromatic heterocycles. The van der Waals surface area contributed by atoms with Gasteiger partial charge in [-0.05, 0) is 25.7 Å². The lowest BCUT2D eigenvalue weighted by Crippen LogP contribution is -2.09. The van der Waals surface area contributed by atoms with Gasteiger partial charge in [0.05, 0.1) is 0 Å². The molecule has 0 fully saturated rings. The van der Waals surface area contributed by atoms with Gasteiger partial charge in [-0.2, -0.15) is 0 Å². The van der Waals surface area contributed by atoms with Crippen LogP contribution in [0.4, 0.5) is 4.39 Å². The van der Waals surface area contributed by atoms with Gasteiger partial charge in [-0.15, -0.1) is 0 Å². The lowest BCUT2D eigenvalue weighted by molar-refractivity contribution is -0.0386. The quantitative estimate of drug-likeness (QED) is 0.611. The minimum atomic E-state index is -1.48. The van der Waals surface area contributed by atoms with Crippen LogP contribution in [0.15, 0.2) is 24.3 Å². The summed E-state index contributed by atoms with van der Waals surface area (Å²) in [4.78, 5) is 0. The van der Waals surface area contributed by atoms with Crippen molar-refractivity contribution in [3.8, 4) is 0 Å². The largest absolute Gasteiger partial charge is 0.368 e. The highest BCUT2D eigenvalue weighted by atomic mass is 19.1. The molecule has 0 saturated carbocycles. The number of benzene rings is 1.